The molecule has 0 atom stereocenters. The highest BCUT2D eigenvalue weighted by molar-refractivity contribution is 7.23. The van der Waals surface area contributed by atoms with E-state index in [2.05, 4.69) is 17.2 Å². The average molecular weight is 375 g/mol. The molecule has 0 radical (unpaired) electrons. The van der Waals surface area contributed by atoms with Crippen molar-refractivity contribution in [3.05, 3.63) is 52.5 Å². The van der Waals surface area contributed by atoms with Gasteiger partial charge < -0.3 is 4.74 Å². The van der Waals surface area contributed by atoms with Crippen LogP contribution in [0.25, 0.3) is 10.2 Å². The van der Waals surface area contributed by atoms with Crippen LogP contribution < -0.4 is 10.1 Å². The molecule has 0 spiro atoms. The van der Waals surface area contributed by atoms with Crippen LogP contribution in [-0.2, 0) is 0 Å². The lowest BCUT2D eigenvalue weighted by Crippen LogP contribution is -2.11. The van der Waals surface area contributed by atoms with Gasteiger partial charge in [0.05, 0.1) is 21.8 Å². The summed E-state index contributed by atoms with van der Waals surface area (Å²) in [7, 11) is 0. The number of hydrogen-bond acceptors (Lipinski definition) is 4. The first kappa shape index (κ1) is 17.7. The zero-order valence-electron chi connectivity index (χ0n) is 14.1. The standard InChI is InChI=1S/C19H19ClN2O2S/c1-3-4-11-24-14-8-6-13(7-9-14)18(23)22-19-21-16-12(2)5-10-15(20)17(16)25-19/h5-10H,3-4,11H2,1-2H3,(H,21,22,23). The van der Waals surface area contributed by atoms with Crippen LogP contribution in [0.5, 0.6) is 5.75 Å². The number of nitrogens with one attached hydrogen (secondary N) is 1. The predicted octanol–water partition coefficient (Wildman–Crippen LogP) is 5.69. The number of carbonyl (C=O) groups excluding carboxylic acids is 1. The van der Waals surface area contributed by atoms with E-state index in [1.807, 2.05) is 31.2 Å². The predicted molar refractivity (Wildman–Crippen MR) is 104 cm³/mol. The number of ether oxygens (including phenoxy) is 1. The molecule has 0 aliphatic heterocycles. The molecule has 0 fully saturated rings. The summed E-state index contributed by atoms with van der Waals surface area (Å²) in [5.74, 6) is 0.570. The molecular weight excluding hydrogens is 356 g/mol. The fourth-order valence-corrected chi connectivity index (χ4v) is 3.57. The summed E-state index contributed by atoms with van der Waals surface area (Å²) in [5, 5.41) is 4.03. The monoisotopic (exact) mass is 374 g/mol. The molecule has 6 heteroatoms. The number of amides is 1. The van der Waals surface area contributed by atoms with E-state index in [1.54, 1.807) is 12.1 Å². The third-order valence-corrected chi connectivity index (χ3v) is 5.23. The second-order valence-electron chi connectivity index (χ2n) is 5.74. The lowest BCUT2D eigenvalue weighted by Gasteiger charge is -2.06. The van der Waals surface area contributed by atoms with E-state index in [1.165, 1.54) is 11.3 Å². The first-order valence-corrected chi connectivity index (χ1v) is 9.37. The molecule has 0 aliphatic carbocycles. The third kappa shape index (κ3) is 4.11. The van der Waals surface area contributed by atoms with Crippen molar-refractivity contribution in [2.45, 2.75) is 26.7 Å². The number of halogens is 1. The Morgan fingerprint density at radius 1 is 1.24 bits per heavy atom. The van der Waals surface area contributed by atoms with Crippen LogP contribution in [0.2, 0.25) is 5.02 Å². The molecule has 0 unspecified atom stereocenters. The van der Waals surface area contributed by atoms with E-state index in [0.29, 0.717) is 22.3 Å². The number of anilines is 1. The summed E-state index contributed by atoms with van der Waals surface area (Å²) in [6.45, 7) is 4.78. The quantitative estimate of drug-likeness (QED) is 0.564. The number of aromatic nitrogens is 1. The van der Waals surface area contributed by atoms with Crippen molar-refractivity contribution >= 4 is 44.2 Å². The van der Waals surface area contributed by atoms with Crippen LogP contribution >= 0.6 is 22.9 Å². The van der Waals surface area contributed by atoms with Crippen molar-refractivity contribution in [2.75, 3.05) is 11.9 Å². The zero-order chi connectivity index (χ0) is 17.8. The molecule has 3 rings (SSSR count). The van der Waals surface area contributed by atoms with Gasteiger partial charge in [-0.2, -0.15) is 0 Å². The smallest absolute Gasteiger partial charge is 0.257 e. The number of thiazole rings is 1. The molecule has 25 heavy (non-hydrogen) atoms. The second kappa shape index (κ2) is 7.85. The van der Waals surface area contributed by atoms with Crippen molar-refractivity contribution in [1.82, 2.24) is 4.98 Å². The minimum Gasteiger partial charge on any atom is -0.494 e. The van der Waals surface area contributed by atoms with Crippen molar-refractivity contribution in [3.63, 3.8) is 0 Å². The lowest BCUT2D eigenvalue weighted by atomic mass is 10.2. The van der Waals surface area contributed by atoms with E-state index < -0.39 is 0 Å². The van der Waals surface area contributed by atoms with Gasteiger partial charge in [0, 0.05) is 5.56 Å². The van der Waals surface area contributed by atoms with Crippen LogP contribution in [0.1, 0.15) is 35.7 Å². The number of aryl methyl sites for hydroxylation is 1. The van der Waals surface area contributed by atoms with Gasteiger partial charge in [-0.15, -0.1) is 0 Å². The minimum absolute atomic E-state index is 0.201. The Bertz CT molecular complexity index is 851. The zero-order valence-corrected chi connectivity index (χ0v) is 15.7. The molecule has 1 amide bonds. The van der Waals surface area contributed by atoms with E-state index in [-0.39, 0.29) is 5.91 Å². The van der Waals surface area contributed by atoms with E-state index in [0.717, 1.165) is 34.4 Å². The highest BCUT2D eigenvalue weighted by Crippen LogP contribution is 2.34. The maximum Gasteiger partial charge on any atom is 0.257 e. The Hall–Kier alpha value is -2.11. The molecular formula is C19H19ClN2O2S. The number of carbonyl (C=O) groups is 1. The Labute approximate surface area is 155 Å². The SMILES string of the molecule is CCCCOc1ccc(C(=O)Nc2nc3c(C)ccc(Cl)c3s2)cc1. The first-order chi connectivity index (χ1) is 12.1. The first-order valence-electron chi connectivity index (χ1n) is 8.18. The molecule has 0 bridgehead atoms. The number of unbranched alkanes of at least 4 members (excludes halogenated alkanes) is 1. The number of rotatable bonds is 6. The van der Waals surface area contributed by atoms with Gasteiger partial charge in [-0.05, 0) is 49.2 Å². The van der Waals surface area contributed by atoms with Crippen molar-refractivity contribution in [2.24, 2.45) is 0 Å². The van der Waals surface area contributed by atoms with E-state index >= 15 is 0 Å². The summed E-state index contributed by atoms with van der Waals surface area (Å²) in [6.07, 6.45) is 2.11. The molecule has 4 nitrogen and oxygen atoms in total. The van der Waals surface area contributed by atoms with Crippen LogP contribution in [0.15, 0.2) is 36.4 Å². The molecule has 0 saturated carbocycles. The highest BCUT2D eigenvalue weighted by Gasteiger charge is 2.13. The Morgan fingerprint density at radius 2 is 2.00 bits per heavy atom. The Kier molecular flexibility index (Phi) is 5.56. The molecule has 130 valence electrons. The molecule has 2 aromatic carbocycles. The Balaban J connectivity index is 1.72. The molecule has 1 aromatic heterocycles. The van der Waals surface area contributed by atoms with Crippen LogP contribution in [0, 0.1) is 6.92 Å². The largest absolute Gasteiger partial charge is 0.494 e. The van der Waals surface area contributed by atoms with Gasteiger partial charge in [0.1, 0.15) is 5.75 Å². The van der Waals surface area contributed by atoms with Gasteiger partial charge in [-0.3, -0.25) is 10.1 Å². The summed E-state index contributed by atoms with van der Waals surface area (Å²) in [4.78, 5) is 16.9. The molecule has 1 N–H and O–H groups in total. The maximum absolute atomic E-state index is 12.4. The molecule has 0 saturated heterocycles. The number of benzene rings is 2. The average Bonchev–Trinajstić information content (AvgIpc) is 3.04. The molecule has 0 aliphatic rings. The van der Waals surface area contributed by atoms with E-state index in [9.17, 15) is 4.79 Å². The van der Waals surface area contributed by atoms with Crippen LogP contribution in [-0.4, -0.2) is 17.5 Å². The second-order valence-corrected chi connectivity index (χ2v) is 7.15. The van der Waals surface area contributed by atoms with Gasteiger partial charge in [0.2, 0.25) is 0 Å². The van der Waals surface area contributed by atoms with Gasteiger partial charge >= 0.3 is 0 Å². The summed E-state index contributed by atoms with van der Waals surface area (Å²) in [5.41, 5.74) is 2.42. The minimum atomic E-state index is -0.201. The van der Waals surface area contributed by atoms with Crippen molar-refractivity contribution in [1.29, 1.82) is 0 Å². The Morgan fingerprint density at radius 3 is 2.68 bits per heavy atom. The summed E-state index contributed by atoms with van der Waals surface area (Å²) >= 11 is 7.59. The topological polar surface area (TPSA) is 51.2 Å². The highest BCUT2D eigenvalue weighted by atomic mass is 35.5. The fourth-order valence-electron chi connectivity index (χ4n) is 2.36. The number of hydrogen-bond donors (Lipinski definition) is 1. The number of nitrogens with zero attached hydrogens (tertiary/aromatic N) is 1. The van der Waals surface area contributed by atoms with Crippen molar-refractivity contribution < 1.29 is 9.53 Å². The summed E-state index contributed by atoms with van der Waals surface area (Å²) in [6, 6.07) is 10.9. The maximum atomic E-state index is 12.4. The summed E-state index contributed by atoms with van der Waals surface area (Å²) < 4.78 is 6.49. The van der Waals surface area contributed by atoms with Gasteiger partial charge in [0.15, 0.2) is 5.13 Å². The van der Waals surface area contributed by atoms with Crippen molar-refractivity contribution in [3.8, 4) is 5.75 Å². The lowest BCUT2D eigenvalue weighted by molar-refractivity contribution is 0.102. The van der Waals surface area contributed by atoms with Crippen LogP contribution in [0.4, 0.5) is 5.13 Å². The van der Waals surface area contributed by atoms with Crippen LogP contribution in [0.3, 0.4) is 0 Å². The third-order valence-electron chi connectivity index (χ3n) is 3.80. The van der Waals surface area contributed by atoms with Gasteiger partial charge in [-0.1, -0.05) is 42.3 Å². The van der Waals surface area contributed by atoms with Gasteiger partial charge in [0.25, 0.3) is 5.91 Å². The normalized spacial score (nSPS) is 10.8. The van der Waals surface area contributed by atoms with E-state index in [4.69, 9.17) is 16.3 Å². The fraction of sp³-hybridized carbons (Fsp3) is 0.263. The number of fused-ring (bicyclic) bond motifs is 1. The molecule has 1 heterocycles. The molecule has 3 aromatic rings. The van der Waals surface area contributed by atoms with Gasteiger partial charge in [-0.25, -0.2) is 4.98 Å².